The summed E-state index contributed by atoms with van der Waals surface area (Å²) in [5.41, 5.74) is 0.0616. The Bertz CT molecular complexity index is 606. The van der Waals surface area contributed by atoms with Crippen LogP contribution in [0.5, 0.6) is 11.5 Å². The number of benzene rings is 1. The first-order valence-corrected chi connectivity index (χ1v) is 5.32. The zero-order chi connectivity index (χ0) is 14.2. The van der Waals surface area contributed by atoms with Crippen LogP contribution in [0.25, 0.3) is 5.69 Å². The van der Waals surface area contributed by atoms with Gasteiger partial charge in [0.2, 0.25) is 0 Å². The number of phenolic OH excluding ortho intramolecular Hbond substituents is 1. The normalized spacial score (nSPS) is 11.6. The second-order valence-electron chi connectivity index (χ2n) is 3.98. The summed E-state index contributed by atoms with van der Waals surface area (Å²) in [6, 6.07) is 2.74. The van der Waals surface area contributed by atoms with Crippen LogP contribution in [0.3, 0.4) is 0 Å². The second kappa shape index (κ2) is 4.49. The maximum Gasteiger partial charge on any atom is 0.419 e. The molecule has 1 N–H and O–H groups in total. The number of hydrogen-bond donors (Lipinski definition) is 1. The molecule has 19 heavy (non-hydrogen) atoms. The van der Waals surface area contributed by atoms with Crippen LogP contribution in [0.4, 0.5) is 13.2 Å². The Kier molecular flexibility index (Phi) is 3.13. The molecule has 0 bridgehead atoms. The predicted molar refractivity (Wildman–Crippen MR) is 61.5 cm³/mol. The fourth-order valence-corrected chi connectivity index (χ4v) is 1.77. The molecule has 0 atom stereocenters. The van der Waals surface area contributed by atoms with Gasteiger partial charge >= 0.3 is 6.18 Å². The largest absolute Gasteiger partial charge is 0.508 e. The van der Waals surface area contributed by atoms with Crippen molar-refractivity contribution >= 4 is 0 Å². The van der Waals surface area contributed by atoms with Gasteiger partial charge in [0.25, 0.3) is 0 Å². The van der Waals surface area contributed by atoms with Gasteiger partial charge in [0.05, 0.1) is 18.9 Å². The number of phenols is 1. The number of aromatic hydroxyl groups is 1. The van der Waals surface area contributed by atoms with E-state index in [1.54, 1.807) is 6.92 Å². The standard InChI is InChI=1S/C12H11F3N2O2/c1-7-3-9(18)4-10(19-2)11(7)17-6-8(5-16-17)12(13,14)15/h3-6,18H,1-2H3. The van der Waals surface area contributed by atoms with Crippen LogP contribution in [-0.2, 0) is 6.18 Å². The van der Waals surface area contributed by atoms with Crippen molar-refractivity contribution in [3.63, 3.8) is 0 Å². The fourth-order valence-electron chi connectivity index (χ4n) is 1.77. The number of halogens is 3. The van der Waals surface area contributed by atoms with Crippen molar-refractivity contribution in [1.82, 2.24) is 9.78 Å². The lowest BCUT2D eigenvalue weighted by Gasteiger charge is -2.12. The lowest BCUT2D eigenvalue weighted by Crippen LogP contribution is -2.04. The predicted octanol–water partition coefficient (Wildman–Crippen LogP) is 2.91. The maximum atomic E-state index is 12.5. The third-order valence-corrected chi connectivity index (χ3v) is 2.61. The second-order valence-corrected chi connectivity index (χ2v) is 3.98. The van der Waals surface area contributed by atoms with E-state index in [1.807, 2.05) is 0 Å². The van der Waals surface area contributed by atoms with Crippen LogP contribution in [0, 0.1) is 6.92 Å². The van der Waals surface area contributed by atoms with E-state index >= 15 is 0 Å². The van der Waals surface area contributed by atoms with E-state index in [-0.39, 0.29) is 11.5 Å². The third kappa shape index (κ3) is 2.49. The van der Waals surface area contributed by atoms with E-state index in [9.17, 15) is 18.3 Å². The highest BCUT2D eigenvalue weighted by molar-refractivity contribution is 5.55. The molecule has 0 amide bonds. The molecule has 1 heterocycles. The summed E-state index contributed by atoms with van der Waals surface area (Å²) in [6.45, 7) is 1.65. The number of ether oxygens (including phenoxy) is 1. The average molecular weight is 272 g/mol. The van der Waals surface area contributed by atoms with E-state index in [4.69, 9.17) is 4.74 Å². The van der Waals surface area contributed by atoms with Crippen molar-refractivity contribution in [2.75, 3.05) is 7.11 Å². The van der Waals surface area contributed by atoms with Gasteiger partial charge in [-0.25, -0.2) is 4.68 Å². The highest BCUT2D eigenvalue weighted by atomic mass is 19.4. The Hall–Kier alpha value is -2.18. The Balaban J connectivity index is 2.56. The monoisotopic (exact) mass is 272 g/mol. The number of methoxy groups -OCH3 is 1. The fraction of sp³-hybridized carbons (Fsp3) is 0.250. The Labute approximate surface area is 107 Å². The summed E-state index contributed by atoms with van der Waals surface area (Å²) in [4.78, 5) is 0. The van der Waals surface area contributed by atoms with Gasteiger partial charge in [-0.05, 0) is 18.6 Å². The molecule has 0 spiro atoms. The van der Waals surface area contributed by atoms with Crippen molar-refractivity contribution in [2.45, 2.75) is 13.1 Å². The third-order valence-electron chi connectivity index (χ3n) is 2.61. The van der Waals surface area contributed by atoms with Crippen LogP contribution in [0.15, 0.2) is 24.5 Å². The van der Waals surface area contributed by atoms with E-state index in [0.29, 0.717) is 11.3 Å². The molecule has 102 valence electrons. The highest BCUT2D eigenvalue weighted by Crippen LogP contribution is 2.33. The number of aromatic nitrogens is 2. The summed E-state index contributed by atoms with van der Waals surface area (Å²) in [6.07, 6.45) is -2.83. The molecule has 0 aliphatic heterocycles. The zero-order valence-electron chi connectivity index (χ0n) is 10.2. The van der Waals surface area contributed by atoms with Gasteiger partial charge in [-0.1, -0.05) is 0 Å². The van der Waals surface area contributed by atoms with Crippen LogP contribution >= 0.6 is 0 Å². The van der Waals surface area contributed by atoms with Gasteiger partial charge < -0.3 is 9.84 Å². The molecular formula is C12H11F3N2O2. The molecule has 0 aliphatic rings. The average Bonchev–Trinajstić information content (AvgIpc) is 2.76. The number of alkyl halides is 3. The Morgan fingerprint density at radius 3 is 2.53 bits per heavy atom. The molecule has 1 aromatic heterocycles. The van der Waals surface area contributed by atoms with Crippen molar-refractivity contribution < 1.29 is 23.0 Å². The quantitative estimate of drug-likeness (QED) is 0.914. The van der Waals surface area contributed by atoms with Crippen molar-refractivity contribution in [2.24, 2.45) is 0 Å². The van der Waals surface area contributed by atoms with Crippen molar-refractivity contribution in [3.8, 4) is 17.2 Å². The molecule has 1 aromatic carbocycles. The van der Waals surface area contributed by atoms with Gasteiger partial charge in [-0.3, -0.25) is 0 Å². The summed E-state index contributed by atoms with van der Waals surface area (Å²) < 4.78 is 43.8. The van der Waals surface area contributed by atoms with Gasteiger partial charge in [0.1, 0.15) is 17.2 Å². The molecule has 0 fully saturated rings. The maximum absolute atomic E-state index is 12.5. The van der Waals surface area contributed by atoms with Crippen molar-refractivity contribution in [3.05, 3.63) is 35.7 Å². The lowest BCUT2D eigenvalue weighted by molar-refractivity contribution is -0.137. The topological polar surface area (TPSA) is 47.3 Å². The molecule has 0 unspecified atom stereocenters. The minimum Gasteiger partial charge on any atom is -0.508 e. The number of hydrogen-bond acceptors (Lipinski definition) is 3. The van der Waals surface area contributed by atoms with E-state index in [1.165, 1.54) is 19.2 Å². The molecule has 4 nitrogen and oxygen atoms in total. The molecule has 2 rings (SSSR count). The molecular weight excluding hydrogens is 261 g/mol. The highest BCUT2D eigenvalue weighted by Gasteiger charge is 2.32. The number of rotatable bonds is 2. The molecule has 0 saturated carbocycles. The lowest BCUT2D eigenvalue weighted by atomic mass is 10.1. The molecule has 2 aromatic rings. The summed E-state index contributed by atoms with van der Waals surface area (Å²) in [7, 11) is 1.37. The van der Waals surface area contributed by atoms with E-state index in [2.05, 4.69) is 5.10 Å². The number of nitrogens with zero attached hydrogens (tertiary/aromatic N) is 2. The van der Waals surface area contributed by atoms with Gasteiger partial charge in [-0.15, -0.1) is 0 Å². The molecule has 0 saturated heterocycles. The first kappa shape index (κ1) is 13.3. The van der Waals surface area contributed by atoms with Gasteiger partial charge in [0, 0.05) is 12.3 Å². The molecule has 7 heteroatoms. The smallest absolute Gasteiger partial charge is 0.419 e. The minimum absolute atomic E-state index is 0.0266. The summed E-state index contributed by atoms with van der Waals surface area (Å²) in [5, 5.41) is 13.1. The van der Waals surface area contributed by atoms with Crippen LogP contribution < -0.4 is 4.74 Å². The van der Waals surface area contributed by atoms with Gasteiger partial charge in [-0.2, -0.15) is 18.3 Å². The van der Waals surface area contributed by atoms with Crippen molar-refractivity contribution in [1.29, 1.82) is 0 Å². The first-order chi connectivity index (χ1) is 8.82. The Morgan fingerprint density at radius 1 is 1.32 bits per heavy atom. The minimum atomic E-state index is -4.45. The van der Waals surface area contributed by atoms with Crippen LogP contribution in [-0.4, -0.2) is 22.0 Å². The van der Waals surface area contributed by atoms with Crippen LogP contribution in [0.1, 0.15) is 11.1 Å². The molecule has 0 aliphatic carbocycles. The number of aryl methyl sites for hydroxylation is 1. The van der Waals surface area contributed by atoms with Crippen LogP contribution in [0.2, 0.25) is 0 Å². The zero-order valence-corrected chi connectivity index (χ0v) is 10.2. The molecule has 0 radical (unpaired) electrons. The van der Waals surface area contributed by atoms with Gasteiger partial charge in [0.15, 0.2) is 0 Å². The summed E-state index contributed by atoms with van der Waals surface area (Å²) in [5.74, 6) is 0.218. The van der Waals surface area contributed by atoms with E-state index < -0.39 is 11.7 Å². The first-order valence-electron chi connectivity index (χ1n) is 5.32. The summed E-state index contributed by atoms with van der Waals surface area (Å²) >= 11 is 0. The van der Waals surface area contributed by atoms with E-state index in [0.717, 1.165) is 17.1 Å². The Morgan fingerprint density at radius 2 is 2.00 bits per heavy atom. The SMILES string of the molecule is COc1cc(O)cc(C)c1-n1cc(C(F)(F)F)cn1.